The zero-order valence-corrected chi connectivity index (χ0v) is 14.0. The van der Waals surface area contributed by atoms with E-state index in [2.05, 4.69) is 31.9 Å². The lowest BCUT2D eigenvalue weighted by molar-refractivity contribution is 0.0696. The molecule has 0 unspecified atom stereocenters. The molecule has 0 saturated heterocycles. The predicted molar refractivity (Wildman–Crippen MR) is 87.4 cm³/mol. The molecule has 0 heterocycles. The summed E-state index contributed by atoms with van der Waals surface area (Å²) >= 11 is 6.81. The number of carboxylic acid groups (broad SMARTS) is 1. The lowest BCUT2D eigenvalue weighted by Crippen LogP contribution is -2.20. The summed E-state index contributed by atoms with van der Waals surface area (Å²) < 4.78 is 1.60. The first-order valence-electron chi connectivity index (χ1n) is 5.97. The van der Waals surface area contributed by atoms with Crippen molar-refractivity contribution < 1.29 is 9.90 Å². The van der Waals surface area contributed by atoms with Crippen LogP contribution >= 0.6 is 31.9 Å². The molecule has 0 atom stereocenters. The SMILES string of the molecule is CN(Cc1ccccc1Br)c1cccc(Br)c1C(=O)O. The predicted octanol–water partition coefficient (Wildman–Crippen LogP) is 4.55. The minimum absolute atomic E-state index is 0.280. The Balaban J connectivity index is 2.35. The van der Waals surface area contributed by atoms with Crippen molar-refractivity contribution in [1.29, 1.82) is 0 Å². The van der Waals surface area contributed by atoms with Gasteiger partial charge in [-0.05, 0) is 39.7 Å². The second kappa shape index (κ2) is 6.41. The topological polar surface area (TPSA) is 40.5 Å². The van der Waals surface area contributed by atoms with E-state index in [-0.39, 0.29) is 5.56 Å². The Labute approximate surface area is 134 Å². The zero-order chi connectivity index (χ0) is 14.7. The summed E-state index contributed by atoms with van der Waals surface area (Å²) in [7, 11) is 1.88. The summed E-state index contributed by atoms with van der Waals surface area (Å²) in [5, 5.41) is 9.35. The van der Waals surface area contributed by atoms with Gasteiger partial charge in [-0.1, -0.05) is 40.2 Å². The van der Waals surface area contributed by atoms with Crippen molar-refractivity contribution in [2.75, 3.05) is 11.9 Å². The van der Waals surface area contributed by atoms with Crippen molar-refractivity contribution in [2.45, 2.75) is 6.54 Å². The summed E-state index contributed by atoms with van der Waals surface area (Å²) in [4.78, 5) is 13.3. The summed E-state index contributed by atoms with van der Waals surface area (Å²) in [6.45, 7) is 0.623. The molecule has 0 spiro atoms. The molecule has 0 aromatic heterocycles. The van der Waals surface area contributed by atoms with Crippen molar-refractivity contribution in [3.63, 3.8) is 0 Å². The van der Waals surface area contributed by atoms with Crippen molar-refractivity contribution in [3.05, 3.63) is 62.5 Å². The first-order valence-corrected chi connectivity index (χ1v) is 7.55. The van der Waals surface area contributed by atoms with Crippen LogP contribution < -0.4 is 4.90 Å². The Morgan fingerprint density at radius 3 is 2.40 bits per heavy atom. The molecule has 3 nitrogen and oxygen atoms in total. The molecular weight excluding hydrogens is 386 g/mol. The number of rotatable bonds is 4. The van der Waals surface area contributed by atoms with Crippen molar-refractivity contribution in [3.8, 4) is 0 Å². The fourth-order valence-electron chi connectivity index (χ4n) is 2.01. The van der Waals surface area contributed by atoms with E-state index in [4.69, 9.17) is 0 Å². The molecule has 0 amide bonds. The number of benzene rings is 2. The van der Waals surface area contributed by atoms with E-state index in [9.17, 15) is 9.90 Å². The highest BCUT2D eigenvalue weighted by atomic mass is 79.9. The number of carboxylic acids is 1. The van der Waals surface area contributed by atoms with Crippen LogP contribution in [0.25, 0.3) is 0 Å². The number of carbonyl (C=O) groups is 1. The Hall–Kier alpha value is -1.33. The van der Waals surface area contributed by atoms with Gasteiger partial charge in [-0.3, -0.25) is 0 Å². The van der Waals surface area contributed by atoms with Crippen LogP contribution in [0.5, 0.6) is 0 Å². The van der Waals surface area contributed by atoms with E-state index in [1.807, 2.05) is 48.3 Å². The molecule has 0 fully saturated rings. The van der Waals surface area contributed by atoms with Gasteiger partial charge in [0.2, 0.25) is 0 Å². The average Bonchev–Trinajstić information content (AvgIpc) is 2.40. The molecule has 104 valence electrons. The van der Waals surface area contributed by atoms with Gasteiger partial charge in [0.05, 0.1) is 11.3 Å². The maximum atomic E-state index is 11.4. The fraction of sp³-hybridized carbons (Fsp3) is 0.133. The summed E-state index contributed by atoms with van der Waals surface area (Å²) in [5.41, 5.74) is 2.07. The molecule has 0 aliphatic rings. The van der Waals surface area contributed by atoms with E-state index in [0.29, 0.717) is 16.7 Å². The van der Waals surface area contributed by atoms with Crippen LogP contribution in [-0.4, -0.2) is 18.1 Å². The van der Waals surface area contributed by atoms with Crippen molar-refractivity contribution in [1.82, 2.24) is 0 Å². The molecule has 0 saturated carbocycles. The molecule has 5 heteroatoms. The minimum atomic E-state index is -0.938. The quantitative estimate of drug-likeness (QED) is 0.821. The molecule has 2 rings (SSSR count). The number of hydrogen-bond donors (Lipinski definition) is 1. The van der Waals surface area contributed by atoms with Gasteiger partial charge in [-0.25, -0.2) is 4.79 Å². The first kappa shape index (κ1) is 15.1. The second-order valence-corrected chi connectivity index (χ2v) is 6.10. The smallest absolute Gasteiger partial charge is 0.338 e. The Morgan fingerprint density at radius 2 is 1.75 bits per heavy atom. The largest absolute Gasteiger partial charge is 0.478 e. The Bertz CT molecular complexity index is 644. The molecule has 1 N–H and O–H groups in total. The third-order valence-electron chi connectivity index (χ3n) is 2.98. The highest BCUT2D eigenvalue weighted by Gasteiger charge is 2.17. The van der Waals surface area contributed by atoms with Crippen LogP contribution in [0.3, 0.4) is 0 Å². The van der Waals surface area contributed by atoms with Crippen LogP contribution in [0.15, 0.2) is 51.4 Å². The van der Waals surface area contributed by atoms with Gasteiger partial charge in [0.25, 0.3) is 0 Å². The van der Waals surface area contributed by atoms with Crippen LogP contribution in [0, 0.1) is 0 Å². The lowest BCUT2D eigenvalue weighted by atomic mass is 10.1. The van der Waals surface area contributed by atoms with Gasteiger partial charge in [0.1, 0.15) is 0 Å². The third kappa shape index (κ3) is 3.22. The monoisotopic (exact) mass is 397 g/mol. The summed E-state index contributed by atoms with van der Waals surface area (Å²) in [6, 6.07) is 13.3. The first-order chi connectivity index (χ1) is 9.50. The lowest BCUT2D eigenvalue weighted by Gasteiger charge is -2.22. The Morgan fingerprint density at radius 1 is 1.10 bits per heavy atom. The molecule has 20 heavy (non-hydrogen) atoms. The maximum absolute atomic E-state index is 11.4. The fourth-order valence-corrected chi connectivity index (χ4v) is 2.95. The van der Waals surface area contributed by atoms with Gasteiger partial charge in [0.15, 0.2) is 0 Å². The van der Waals surface area contributed by atoms with E-state index in [1.54, 1.807) is 6.07 Å². The highest BCUT2D eigenvalue weighted by molar-refractivity contribution is 9.10. The van der Waals surface area contributed by atoms with Crippen LogP contribution in [0.4, 0.5) is 5.69 Å². The maximum Gasteiger partial charge on any atom is 0.338 e. The third-order valence-corrected chi connectivity index (χ3v) is 4.42. The van der Waals surface area contributed by atoms with Gasteiger partial charge in [-0.2, -0.15) is 0 Å². The minimum Gasteiger partial charge on any atom is -0.478 e. The van der Waals surface area contributed by atoms with Crippen LogP contribution in [0.1, 0.15) is 15.9 Å². The van der Waals surface area contributed by atoms with E-state index in [1.165, 1.54) is 0 Å². The number of aromatic carboxylic acids is 1. The molecule has 0 aliphatic carbocycles. The highest BCUT2D eigenvalue weighted by Crippen LogP contribution is 2.29. The van der Waals surface area contributed by atoms with Crippen LogP contribution in [-0.2, 0) is 6.54 Å². The molecule has 0 bridgehead atoms. The molecule has 0 radical (unpaired) electrons. The summed E-state index contributed by atoms with van der Waals surface area (Å²) in [5.74, 6) is -0.938. The second-order valence-electron chi connectivity index (χ2n) is 4.39. The normalized spacial score (nSPS) is 10.3. The number of halogens is 2. The Kier molecular flexibility index (Phi) is 4.83. The van der Waals surface area contributed by atoms with Crippen LogP contribution in [0.2, 0.25) is 0 Å². The van der Waals surface area contributed by atoms with Gasteiger partial charge >= 0.3 is 5.97 Å². The molecule has 2 aromatic carbocycles. The standard InChI is InChI=1S/C15H13Br2NO2/c1-18(9-10-5-2-3-6-11(10)16)13-8-4-7-12(17)14(13)15(19)20/h2-8H,9H2,1H3,(H,19,20). The van der Waals surface area contributed by atoms with Gasteiger partial charge in [0, 0.05) is 22.5 Å². The van der Waals surface area contributed by atoms with Crippen molar-refractivity contribution in [2.24, 2.45) is 0 Å². The zero-order valence-electron chi connectivity index (χ0n) is 10.8. The van der Waals surface area contributed by atoms with E-state index in [0.717, 1.165) is 10.0 Å². The van der Waals surface area contributed by atoms with E-state index < -0.39 is 5.97 Å². The molecule has 0 aliphatic heterocycles. The average molecular weight is 399 g/mol. The molecule has 2 aromatic rings. The van der Waals surface area contributed by atoms with Crippen molar-refractivity contribution >= 4 is 43.5 Å². The summed E-state index contributed by atoms with van der Waals surface area (Å²) in [6.07, 6.45) is 0. The van der Waals surface area contributed by atoms with E-state index >= 15 is 0 Å². The number of nitrogens with zero attached hydrogens (tertiary/aromatic N) is 1. The number of hydrogen-bond acceptors (Lipinski definition) is 2. The van der Waals surface area contributed by atoms with Gasteiger partial charge < -0.3 is 10.0 Å². The van der Waals surface area contributed by atoms with Gasteiger partial charge in [-0.15, -0.1) is 0 Å². The molecular formula is C15H13Br2NO2. The number of anilines is 1.